The number of benzene rings is 1. The van der Waals surface area contributed by atoms with E-state index in [1.54, 1.807) is 4.68 Å². The van der Waals surface area contributed by atoms with Crippen LogP contribution in [0.15, 0.2) is 30.6 Å². The van der Waals surface area contributed by atoms with E-state index in [1.807, 2.05) is 0 Å². The van der Waals surface area contributed by atoms with Crippen LogP contribution in [-0.2, 0) is 4.79 Å². The highest BCUT2D eigenvalue weighted by Crippen LogP contribution is 2.29. The SMILES string of the molecule is CCN(CC)c1ccc(C2CC(=O)Nc3ncnn32)cc1. The fourth-order valence-electron chi connectivity index (χ4n) is 2.76. The van der Waals surface area contributed by atoms with Gasteiger partial charge >= 0.3 is 0 Å². The first-order valence-corrected chi connectivity index (χ1v) is 7.27. The molecule has 2 heterocycles. The van der Waals surface area contributed by atoms with E-state index in [0.29, 0.717) is 12.4 Å². The van der Waals surface area contributed by atoms with Gasteiger partial charge in [0.2, 0.25) is 11.9 Å². The Labute approximate surface area is 123 Å². The Hall–Kier alpha value is -2.37. The van der Waals surface area contributed by atoms with Gasteiger partial charge in [-0.3, -0.25) is 10.1 Å². The van der Waals surface area contributed by atoms with Gasteiger partial charge in [-0.25, -0.2) is 4.68 Å². The molecule has 0 bridgehead atoms. The quantitative estimate of drug-likeness (QED) is 0.934. The van der Waals surface area contributed by atoms with Crippen LogP contribution in [0.4, 0.5) is 11.6 Å². The second-order valence-corrected chi connectivity index (χ2v) is 5.06. The zero-order valence-corrected chi connectivity index (χ0v) is 12.3. The maximum atomic E-state index is 11.8. The smallest absolute Gasteiger partial charge is 0.229 e. The van der Waals surface area contributed by atoms with E-state index >= 15 is 0 Å². The van der Waals surface area contributed by atoms with Crippen molar-refractivity contribution in [3.05, 3.63) is 36.2 Å². The summed E-state index contributed by atoms with van der Waals surface area (Å²) in [6.07, 6.45) is 1.86. The monoisotopic (exact) mass is 285 g/mol. The van der Waals surface area contributed by atoms with E-state index in [0.717, 1.165) is 18.7 Å². The van der Waals surface area contributed by atoms with E-state index in [4.69, 9.17) is 0 Å². The molecule has 0 saturated carbocycles. The van der Waals surface area contributed by atoms with Crippen molar-refractivity contribution in [3.63, 3.8) is 0 Å². The average Bonchev–Trinajstić information content (AvgIpc) is 2.96. The lowest BCUT2D eigenvalue weighted by Gasteiger charge is -2.25. The lowest BCUT2D eigenvalue weighted by molar-refractivity contribution is -0.117. The summed E-state index contributed by atoms with van der Waals surface area (Å²) in [6, 6.07) is 8.27. The molecule has 1 aromatic heterocycles. The van der Waals surface area contributed by atoms with Crippen LogP contribution in [0.3, 0.4) is 0 Å². The van der Waals surface area contributed by atoms with Gasteiger partial charge in [0.15, 0.2) is 0 Å². The second-order valence-electron chi connectivity index (χ2n) is 5.06. The Morgan fingerprint density at radius 3 is 2.67 bits per heavy atom. The van der Waals surface area contributed by atoms with Crippen LogP contribution < -0.4 is 10.2 Å². The van der Waals surface area contributed by atoms with Crippen molar-refractivity contribution in [2.24, 2.45) is 0 Å². The molecule has 0 spiro atoms. The maximum Gasteiger partial charge on any atom is 0.229 e. The van der Waals surface area contributed by atoms with Crippen LogP contribution in [-0.4, -0.2) is 33.8 Å². The molecule has 0 fully saturated rings. The normalized spacial score (nSPS) is 17.2. The molecule has 2 aromatic rings. The molecule has 1 aromatic carbocycles. The second kappa shape index (κ2) is 5.55. The van der Waals surface area contributed by atoms with E-state index in [-0.39, 0.29) is 11.9 Å². The zero-order chi connectivity index (χ0) is 14.8. The van der Waals surface area contributed by atoms with Gasteiger partial charge in [-0.2, -0.15) is 10.1 Å². The first kappa shape index (κ1) is 13.6. The molecule has 6 heteroatoms. The highest BCUT2D eigenvalue weighted by atomic mass is 16.2. The van der Waals surface area contributed by atoms with Crippen molar-refractivity contribution >= 4 is 17.5 Å². The molecule has 0 radical (unpaired) electrons. The number of nitrogens with zero attached hydrogens (tertiary/aromatic N) is 4. The Bertz CT molecular complexity index is 630. The summed E-state index contributed by atoms with van der Waals surface area (Å²) in [5, 5.41) is 6.95. The van der Waals surface area contributed by atoms with Crippen LogP contribution in [0, 0.1) is 0 Å². The maximum absolute atomic E-state index is 11.8. The number of fused-ring (bicyclic) bond motifs is 1. The van der Waals surface area contributed by atoms with E-state index in [2.05, 4.69) is 58.4 Å². The van der Waals surface area contributed by atoms with Gasteiger partial charge in [-0.15, -0.1) is 0 Å². The van der Waals surface area contributed by atoms with Crippen molar-refractivity contribution < 1.29 is 4.79 Å². The van der Waals surface area contributed by atoms with Gasteiger partial charge in [-0.05, 0) is 31.5 Å². The molecule has 1 unspecified atom stereocenters. The molecule has 3 rings (SSSR count). The standard InChI is InChI=1S/C15H19N5O/c1-3-19(4-2)12-7-5-11(6-8-12)13-9-14(21)18-15-16-10-17-20(13)15/h5-8,10,13H,3-4,9H2,1-2H3,(H,16,17,18,21). The number of aromatic nitrogens is 3. The Morgan fingerprint density at radius 2 is 2.00 bits per heavy atom. The molecule has 1 N–H and O–H groups in total. The van der Waals surface area contributed by atoms with E-state index < -0.39 is 0 Å². The lowest BCUT2D eigenvalue weighted by atomic mass is 10.0. The molecule has 1 aliphatic heterocycles. The summed E-state index contributed by atoms with van der Waals surface area (Å²) in [6.45, 7) is 6.25. The molecular weight excluding hydrogens is 266 g/mol. The largest absolute Gasteiger partial charge is 0.372 e. The van der Waals surface area contributed by atoms with Crippen LogP contribution in [0.5, 0.6) is 0 Å². The summed E-state index contributed by atoms with van der Waals surface area (Å²) in [5.74, 6) is 0.498. The van der Waals surface area contributed by atoms with Crippen LogP contribution in [0.25, 0.3) is 0 Å². The molecule has 1 aliphatic rings. The third-order valence-electron chi connectivity index (χ3n) is 3.90. The predicted molar refractivity (Wildman–Crippen MR) is 81.4 cm³/mol. The van der Waals surface area contributed by atoms with Gasteiger partial charge in [-0.1, -0.05) is 12.1 Å². The topological polar surface area (TPSA) is 63.1 Å². The van der Waals surface area contributed by atoms with Gasteiger partial charge in [0.05, 0.1) is 12.5 Å². The molecule has 110 valence electrons. The minimum absolute atomic E-state index is 0.0201. The summed E-state index contributed by atoms with van der Waals surface area (Å²) in [4.78, 5) is 18.1. The number of amides is 1. The highest BCUT2D eigenvalue weighted by molar-refractivity contribution is 5.91. The van der Waals surface area contributed by atoms with Crippen molar-refractivity contribution in [2.75, 3.05) is 23.3 Å². The highest BCUT2D eigenvalue weighted by Gasteiger charge is 2.27. The summed E-state index contributed by atoms with van der Waals surface area (Å²) in [5.41, 5.74) is 2.27. The molecular formula is C15H19N5O. The predicted octanol–water partition coefficient (Wildman–Crippen LogP) is 2.06. The molecule has 1 atom stereocenters. The summed E-state index contributed by atoms with van der Waals surface area (Å²) < 4.78 is 1.77. The first-order chi connectivity index (χ1) is 10.2. The molecule has 1 amide bonds. The molecule has 0 aliphatic carbocycles. The fourth-order valence-corrected chi connectivity index (χ4v) is 2.76. The third kappa shape index (κ3) is 2.49. The Kier molecular flexibility index (Phi) is 3.60. The van der Waals surface area contributed by atoms with Crippen LogP contribution in [0.1, 0.15) is 31.9 Å². The van der Waals surface area contributed by atoms with Gasteiger partial charge in [0, 0.05) is 18.8 Å². The summed E-state index contributed by atoms with van der Waals surface area (Å²) in [7, 11) is 0. The zero-order valence-electron chi connectivity index (χ0n) is 12.3. The Balaban J connectivity index is 1.90. The third-order valence-corrected chi connectivity index (χ3v) is 3.90. The number of carbonyl (C=O) groups excluding carboxylic acids is 1. The number of hydrogen-bond acceptors (Lipinski definition) is 4. The Morgan fingerprint density at radius 1 is 1.29 bits per heavy atom. The number of carbonyl (C=O) groups is 1. The van der Waals surface area contributed by atoms with Crippen molar-refractivity contribution in [1.82, 2.24) is 14.8 Å². The van der Waals surface area contributed by atoms with Gasteiger partial charge < -0.3 is 4.90 Å². The summed E-state index contributed by atoms with van der Waals surface area (Å²) >= 11 is 0. The molecule has 0 saturated heterocycles. The number of hydrogen-bond donors (Lipinski definition) is 1. The molecule has 21 heavy (non-hydrogen) atoms. The van der Waals surface area contributed by atoms with Crippen molar-refractivity contribution in [2.45, 2.75) is 26.3 Å². The van der Waals surface area contributed by atoms with E-state index in [9.17, 15) is 4.79 Å². The average molecular weight is 285 g/mol. The van der Waals surface area contributed by atoms with Gasteiger partial charge in [0.1, 0.15) is 6.33 Å². The number of rotatable bonds is 4. The van der Waals surface area contributed by atoms with Crippen LogP contribution >= 0.6 is 0 Å². The van der Waals surface area contributed by atoms with Crippen molar-refractivity contribution in [1.29, 1.82) is 0 Å². The lowest BCUT2D eigenvalue weighted by Crippen LogP contribution is -2.29. The van der Waals surface area contributed by atoms with E-state index in [1.165, 1.54) is 12.0 Å². The fraction of sp³-hybridized carbons (Fsp3) is 0.400. The minimum atomic E-state index is -0.0815. The molecule has 6 nitrogen and oxygen atoms in total. The number of anilines is 2. The van der Waals surface area contributed by atoms with Crippen molar-refractivity contribution in [3.8, 4) is 0 Å². The first-order valence-electron chi connectivity index (χ1n) is 7.27. The minimum Gasteiger partial charge on any atom is -0.372 e. The van der Waals surface area contributed by atoms with Gasteiger partial charge in [0.25, 0.3) is 0 Å². The van der Waals surface area contributed by atoms with Crippen LogP contribution in [0.2, 0.25) is 0 Å². The number of nitrogens with one attached hydrogen (secondary N) is 1.